The van der Waals surface area contributed by atoms with Gasteiger partial charge in [0.1, 0.15) is 5.56 Å². The fourth-order valence-electron chi connectivity index (χ4n) is 1.41. The normalized spacial score (nSPS) is 11.6. The average Bonchev–Trinajstić information content (AvgIpc) is 2.34. The molecule has 4 nitrogen and oxygen atoms in total. The van der Waals surface area contributed by atoms with Crippen LogP contribution in [0.25, 0.3) is 0 Å². The Balaban J connectivity index is 3.68. The molecule has 0 spiro atoms. The van der Waals surface area contributed by atoms with E-state index >= 15 is 0 Å². The lowest BCUT2D eigenvalue weighted by molar-refractivity contribution is -0.139. The van der Waals surface area contributed by atoms with Crippen LogP contribution in [0.4, 0.5) is 22.0 Å². The van der Waals surface area contributed by atoms with Crippen LogP contribution in [0.5, 0.6) is 5.88 Å². The number of carbonyl (C=O) groups is 1. The smallest absolute Gasteiger partial charge is 0.418 e. The van der Waals surface area contributed by atoms with Crippen molar-refractivity contribution in [2.45, 2.75) is 12.6 Å². The molecule has 0 aliphatic rings. The van der Waals surface area contributed by atoms with Gasteiger partial charge in [-0.25, -0.2) is 18.6 Å². The largest absolute Gasteiger partial charge is 0.480 e. The Labute approximate surface area is 104 Å². The Morgan fingerprint density at radius 3 is 2.26 bits per heavy atom. The molecule has 0 saturated heterocycles. The molecule has 0 radical (unpaired) electrons. The predicted molar refractivity (Wildman–Crippen MR) is 52.1 cm³/mol. The fraction of sp³-hybridized carbons (Fsp3) is 0.400. The lowest BCUT2D eigenvalue weighted by Gasteiger charge is -2.16. The molecular formula is C10H8F5NO3. The van der Waals surface area contributed by atoms with E-state index in [9.17, 15) is 26.7 Å². The van der Waals surface area contributed by atoms with E-state index in [4.69, 9.17) is 0 Å². The molecule has 0 N–H and O–H groups in total. The second kappa shape index (κ2) is 5.37. The lowest BCUT2D eigenvalue weighted by atomic mass is 10.0. The van der Waals surface area contributed by atoms with Crippen LogP contribution in [0, 0.1) is 0 Å². The van der Waals surface area contributed by atoms with E-state index in [-0.39, 0.29) is 6.20 Å². The van der Waals surface area contributed by atoms with Gasteiger partial charge in [-0.3, -0.25) is 0 Å². The van der Waals surface area contributed by atoms with Gasteiger partial charge in [0.25, 0.3) is 6.43 Å². The van der Waals surface area contributed by atoms with Gasteiger partial charge >= 0.3 is 12.1 Å². The summed E-state index contributed by atoms with van der Waals surface area (Å²) in [5, 5.41) is 0. The van der Waals surface area contributed by atoms with Gasteiger partial charge in [-0.15, -0.1) is 0 Å². The Morgan fingerprint density at radius 2 is 1.89 bits per heavy atom. The molecule has 19 heavy (non-hydrogen) atoms. The molecule has 106 valence electrons. The summed E-state index contributed by atoms with van der Waals surface area (Å²) in [6, 6.07) is 0. The summed E-state index contributed by atoms with van der Waals surface area (Å²) in [5.74, 6) is -2.04. The molecule has 1 aromatic rings. The summed E-state index contributed by atoms with van der Waals surface area (Å²) >= 11 is 0. The molecule has 0 saturated carbocycles. The monoisotopic (exact) mass is 285 g/mol. The van der Waals surface area contributed by atoms with Crippen molar-refractivity contribution >= 4 is 5.97 Å². The number of methoxy groups -OCH3 is 2. The molecule has 0 fully saturated rings. The van der Waals surface area contributed by atoms with Gasteiger partial charge in [0.15, 0.2) is 0 Å². The number of alkyl halides is 5. The number of ether oxygens (including phenoxy) is 2. The van der Waals surface area contributed by atoms with Gasteiger partial charge in [0.2, 0.25) is 5.88 Å². The number of nitrogens with zero attached hydrogens (tertiary/aromatic N) is 1. The van der Waals surface area contributed by atoms with Gasteiger partial charge in [-0.1, -0.05) is 0 Å². The van der Waals surface area contributed by atoms with Crippen molar-refractivity contribution in [1.29, 1.82) is 0 Å². The summed E-state index contributed by atoms with van der Waals surface area (Å²) in [4.78, 5) is 14.6. The number of halogens is 5. The molecule has 0 bridgehead atoms. The van der Waals surface area contributed by atoms with Gasteiger partial charge in [0.05, 0.1) is 25.3 Å². The van der Waals surface area contributed by atoms with Gasteiger partial charge < -0.3 is 9.47 Å². The Morgan fingerprint density at radius 1 is 1.32 bits per heavy atom. The highest BCUT2D eigenvalue weighted by Gasteiger charge is 2.40. The summed E-state index contributed by atoms with van der Waals surface area (Å²) in [6.07, 6.45) is -8.43. The second-order valence-electron chi connectivity index (χ2n) is 3.26. The first kappa shape index (κ1) is 15.1. The van der Waals surface area contributed by atoms with Crippen molar-refractivity contribution in [3.8, 4) is 5.88 Å². The topological polar surface area (TPSA) is 48.4 Å². The summed E-state index contributed by atoms with van der Waals surface area (Å²) in [5.41, 5.74) is -4.25. The Bertz CT molecular complexity index is 487. The molecule has 0 aromatic carbocycles. The highest BCUT2D eigenvalue weighted by molar-refractivity contribution is 5.94. The zero-order chi connectivity index (χ0) is 14.8. The van der Waals surface area contributed by atoms with Crippen molar-refractivity contribution in [2.24, 2.45) is 0 Å². The first-order valence-corrected chi connectivity index (χ1v) is 4.74. The maximum Gasteiger partial charge on any atom is 0.418 e. The third-order valence-corrected chi connectivity index (χ3v) is 2.19. The number of hydrogen-bond donors (Lipinski definition) is 0. The zero-order valence-corrected chi connectivity index (χ0v) is 9.72. The Hall–Kier alpha value is -1.93. The number of rotatable bonds is 3. The third kappa shape index (κ3) is 2.91. The minimum atomic E-state index is -5.08. The van der Waals surface area contributed by atoms with Gasteiger partial charge in [-0.2, -0.15) is 13.2 Å². The predicted octanol–water partition coefficient (Wildman–Crippen LogP) is 2.83. The molecule has 1 heterocycles. The number of carbonyl (C=O) groups excluding carboxylic acids is 1. The Kier molecular flexibility index (Phi) is 4.28. The van der Waals surface area contributed by atoms with Crippen molar-refractivity contribution < 1.29 is 36.2 Å². The van der Waals surface area contributed by atoms with Gasteiger partial charge in [0, 0.05) is 6.20 Å². The molecule has 1 aromatic heterocycles. The van der Waals surface area contributed by atoms with E-state index < -0.39 is 41.1 Å². The quantitative estimate of drug-likeness (QED) is 0.633. The van der Waals surface area contributed by atoms with Crippen LogP contribution >= 0.6 is 0 Å². The molecular weight excluding hydrogens is 277 g/mol. The van der Waals surface area contributed by atoms with Crippen LogP contribution in [-0.4, -0.2) is 25.2 Å². The third-order valence-electron chi connectivity index (χ3n) is 2.19. The van der Waals surface area contributed by atoms with E-state index in [0.717, 1.165) is 14.2 Å². The maximum absolute atomic E-state index is 12.8. The standard InChI is InChI=1S/C10H8F5NO3/c1-18-8-6(9(17)19-2)5(7(11)12)4(3-16-8)10(13,14)15/h3,7H,1-2H3. The first-order chi connectivity index (χ1) is 8.73. The summed E-state index contributed by atoms with van der Waals surface area (Å²) < 4.78 is 72.2. The lowest BCUT2D eigenvalue weighted by Crippen LogP contribution is -2.17. The average molecular weight is 285 g/mol. The summed E-state index contributed by atoms with van der Waals surface area (Å²) in [7, 11) is 1.83. The minimum Gasteiger partial charge on any atom is -0.480 e. The van der Waals surface area contributed by atoms with Crippen molar-refractivity contribution in [3.63, 3.8) is 0 Å². The SMILES string of the molecule is COC(=O)c1c(OC)ncc(C(F)(F)F)c1C(F)F. The van der Waals surface area contributed by atoms with Crippen molar-refractivity contribution in [2.75, 3.05) is 14.2 Å². The highest BCUT2D eigenvalue weighted by Crippen LogP contribution is 2.40. The van der Waals surface area contributed by atoms with Crippen molar-refractivity contribution in [3.05, 3.63) is 22.9 Å². The molecule has 0 aliphatic carbocycles. The van der Waals surface area contributed by atoms with E-state index in [1.54, 1.807) is 0 Å². The number of hydrogen-bond acceptors (Lipinski definition) is 4. The molecule has 0 unspecified atom stereocenters. The van der Waals surface area contributed by atoms with E-state index in [0.29, 0.717) is 0 Å². The molecule has 0 aliphatic heterocycles. The van der Waals surface area contributed by atoms with E-state index in [2.05, 4.69) is 14.5 Å². The van der Waals surface area contributed by atoms with Crippen molar-refractivity contribution in [1.82, 2.24) is 4.98 Å². The van der Waals surface area contributed by atoms with E-state index in [1.165, 1.54) is 0 Å². The number of pyridine rings is 1. The zero-order valence-electron chi connectivity index (χ0n) is 9.72. The highest BCUT2D eigenvalue weighted by atomic mass is 19.4. The van der Waals surface area contributed by atoms with Crippen LogP contribution in [0.1, 0.15) is 27.9 Å². The van der Waals surface area contributed by atoms with Crippen LogP contribution in [0.3, 0.4) is 0 Å². The number of aromatic nitrogens is 1. The van der Waals surface area contributed by atoms with Gasteiger partial charge in [-0.05, 0) is 0 Å². The number of esters is 1. The second-order valence-corrected chi connectivity index (χ2v) is 3.26. The van der Waals surface area contributed by atoms with Crippen LogP contribution < -0.4 is 4.74 Å². The minimum absolute atomic E-state index is 0.187. The molecule has 0 amide bonds. The molecule has 0 atom stereocenters. The molecule has 1 rings (SSSR count). The summed E-state index contributed by atoms with van der Waals surface area (Å²) in [6.45, 7) is 0. The van der Waals surface area contributed by atoms with Crippen LogP contribution in [0.2, 0.25) is 0 Å². The molecule has 9 heteroatoms. The first-order valence-electron chi connectivity index (χ1n) is 4.74. The van der Waals surface area contributed by atoms with E-state index in [1.807, 2.05) is 0 Å². The maximum atomic E-state index is 12.8. The van der Waals surface area contributed by atoms with Crippen LogP contribution in [-0.2, 0) is 10.9 Å². The van der Waals surface area contributed by atoms with Crippen LogP contribution in [0.15, 0.2) is 6.20 Å². The fourth-order valence-corrected chi connectivity index (χ4v) is 1.41.